The van der Waals surface area contributed by atoms with Gasteiger partial charge in [0.2, 0.25) is 5.91 Å². The van der Waals surface area contributed by atoms with Crippen LogP contribution in [0.1, 0.15) is 36.3 Å². The molecule has 0 saturated carbocycles. The van der Waals surface area contributed by atoms with Crippen LogP contribution in [-0.2, 0) is 11.3 Å². The predicted octanol–water partition coefficient (Wildman–Crippen LogP) is 4.23. The number of aromatic nitrogens is 4. The van der Waals surface area contributed by atoms with Gasteiger partial charge >= 0.3 is 0 Å². The van der Waals surface area contributed by atoms with Crippen LogP contribution < -0.4 is 5.32 Å². The zero-order valence-electron chi connectivity index (χ0n) is 14.7. The second kappa shape index (κ2) is 7.87. The third-order valence-electron chi connectivity index (χ3n) is 4.05. The Balaban J connectivity index is 1.67. The molecule has 0 aliphatic heterocycles. The van der Waals surface area contributed by atoms with Gasteiger partial charge in [-0.15, -0.1) is 0 Å². The summed E-state index contributed by atoms with van der Waals surface area (Å²) in [6.07, 6.45) is 0.534. The number of carbonyl (C=O) groups excluding carboxylic acids is 1. The first-order valence-electron chi connectivity index (χ1n) is 8.25. The first-order valence-corrected chi connectivity index (χ1v) is 8.63. The summed E-state index contributed by atoms with van der Waals surface area (Å²) in [7, 11) is 0. The molecule has 1 N–H and O–H groups in total. The highest BCUT2D eigenvalue weighted by atomic mass is 35.5. The minimum Gasteiger partial charge on any atom is -0.322 e. The highest BCUT2D eigenvalue weighted by molar-refractivity contribution is 6.30. The van der Waals surface area contributed by atoms with E-state index in [2.05, 4.69) is 15.5 Å². The molecule has 0 fully saturated rings. The number of hydrogen-bond acceptors (Lipinski definition) is 3. The van der Waals surface area contributed by atoms with E-state index < -0.39 is 12.5 Å². The Hall–Kier alpha value is -2.74. The molecule has 3 aromatic rings. The van der Waals surface area contributed by atoms with Crippen LogP contribution in [0.4, 0.5) is 14.5 Å². The number of amides is 1. The van der Waals surface area contributed by atoms with Crippen molar-refractivity contribution in [3.63, 3.8) is 0 Å². The van der Waals surface area contributed by atoms with Gasteiger partial charge in [-0.05, 0) is 37.6 Å². The highest BCUT2D eigenvalue weighted by Gasteiger charge is 2.21. The largest absolute Gasteiger partial charge is 0.322 e. The fraction of sp³-hybridized carbons (Fsp3) is 0.278. The number of nitrogens with one attached hydrogen (secondary N) is 1. The third kappa shape index (κ3) is 4.51. The highest BCUT2D eigenvalue weighted by Crippen LogP contribution is 2.21. The van der Waals surface area contributed by atoms with Crippen molar-refractivity contribution >= 4 is 23.2 Å². The second-order valence-electron chi connectivity index (χ2n) is 6.18. The lowest BCUT2D eigenvalue weighted by atomic mass is 10.2. The molecule has 3 rings (SSSR count). The minimum absolute atomic E-state index is 0.346. The lowest BCUT2D eigenvalue weighted by Crippen LogP contribution is -2.25. The maximum atomic E-state index is 12.8. The van der Waals surface area contributed by atoms with Gasteiger partial charge in [-0.1, -0.05) is 23.7 Å². The van der Waals surface area contributed by atoms with E-state index in [9.17, 15) is 13.6 Å². The number of alkyl halides is 2. The van der Waals surface area contributed by atoms with E-state index in [0.717, 1.165) is 5.56 Å². The van der Waals surface area contributed by atoms with Gasteiger partial charge in [0.1, 0.15) is 11.7 Å². The van der Waals surface area contributed by atoms with Crippen molar-refractivity contribution in [2.24, 2.45) is 0 Å². The Morgan fingerprint density at radius 3 is 2.78 bits per heavy atom. The Morgan fingerprint density at radius 2 is 2.11 bits per heavy atom. The van der Waals surface area contributed by atoms with E-state index in [1.54, 1.807) is 30.8 Å². The molecule has 0 spiro atoms. The Kier molecular flexibility index (Phi) is 5.55. The van der Waals surface area contributed by atoms with E-state index in [1.165, 1.54) is 16.9 Å². The van der Waals surface area contributed by atoms with E-state index in [0.29, 0.717) is 22.9 Å². The molecule has 0 bridgehead atoms. The van der Waals surface area contributed by atoms with E-state index in [4.69, 9.17) is 11.6 Å². The van der Waals surface area contributed by atoms with Gasteiger partial charge in [0, 0.05) is 16.9 Å². The van der Waals surface area contributed by atoms with Crippen LogP contribution in [0.5, 0.6) is 0 Å². The molecule has 0 aliphatic carbocycles. The topological polar surface area (TPSA) is 64.7 Å². The summed E-state index contributed by atoms with van der Waals surface area (Å²) in [5, 5.41) is 11.4. The number of hydrogen-bond donors (Lipinski definition) is 1. The van der Waals surface area contributed by atoms with Crippen molar-refractivity contribution in [2.75, 3.05) is 5.32 Å². The van der Waals surface area contributed by atoms with Crippen LogP contribution in [0.25, 0.3) is 0 Å². The van der Waals surface area contributed by atoms with Gasteiger partial charge in [-0.3, -0.25) is 14.2 Å². The molecule has 9 heteroatoms. The fourth-order valence-corrected chi connectivity index (χ4v) is 2.92. The number of halogens is 3. The number of benzene rings is 1. The van der Waals surface area contributed by atoms with E-state index in [-0.39, 0.29) is 11.6 Å². The standard InChI is InChI=1S/C18H18ClF2N5O/c1-11-6-16(17(20)21)24-26(11)12(2)18(27)23-15-8-22-25(10-15)9-13-4-3-5-14(19)7-13/h3-8,10,12,17H,9H2,1-2H3,(H,23,27). The van der Waals surface area contributed by atoms with Crippen LogP contribution in [-0.4, -0.2) is 25.5 Å². The number of aryl methyl sites for hydroxylation is 1. The van der Waals surface area contributed by atoms with Crippen LogP contribution in [0.3, 0.4) is 0 Å². The summed E-state index contributed by atoms with van der Waals surface area (Å²) in [4.78, 5) is 12.4. The number of carbonyl (C=O) groups is 1. The zero-order valence-corrected chi connectivity index (χ0v) is 15.5. The molecule has 2 aromatic heterocycles. The van der Waals surface area contributed by atoms with Gasteiger partial charge in [-0.25, -0.2) is 8.78 Å². The lowest BCUT2D eigenvalue weighted by Gasteiger charge is -2.13. The molecule has 1 aromatic carbocycles. The van der Waals surface area contributed by atoms with Crippen molar-refractivity contribution < 1.29 is 13.6 Å². The van der Waals surface area contributed by atoms with Crippen molar-refractivity contribution in [2.45, 2.75) is 32.9 Å². The molecule has 1 amide bonds. The van der Waals surface area contributed by atoms with Crippen molar-refractivity contribution in [1.29, 1.82) is 0 Å². The number of rotatable bonds is 6. The number of anilines is 1. The molecule has 1 unspecified atom stereocenters. The normalized spacial score (nSPS) is 12.4. The molecule has 0 saturated heterocycles. The average molecular weight is 394 g/mol. The first kappa shape index (κ1) is 19.0. The van der Waals surface area contributed by atoms with Crippen molar-refractivity contribution in [1.82, 2.24) is 19.6 Å². The van der Waals surface area contributed by atoms with Gasteiger partial charge < -0.3 is 5.32 Å². The summed E-state index contributed by atoms with van der Waals surface area (Å²) >= 11 is 5.97. The molecule has 0 aliphatic rings. The van der Waals surface area contributed by atoms with Crippen molar-refractivity contribution in [3.8, 4) is 0 Å². The minimum atomic E-state index is -2.68. The maximum absolute atomic E-state index is 12.8. The van der Waals surface area contributed by atoms with Crippen LogP contribution in [0, 0.1) is 6.92 Å². The Morgan fingerprint density at radius 1 is 1.33 bits per heavy atom. The first-order chi connectivity index (χ1) is 12.8. The molecular weight excluding hydrogens is 376 g/mol. The molecule has 0 radical (unpaired) electrons. The predicted molar refractivity (Wildman–Crippen MR) is 98.0 cm³/mol. The molecule has 6 nitrogen and oxygen atoms in total. The quantitative estimate of drug-likeness (QED) is 0.681. The van der Waals surface area contributed by atoms with Crippen LogP contribution >= 0.6 is 11.6 Å². The molecule has 2 heterocycles. The molecule has 1 atom stereocenters. The second-order valence-corrected chi connectivity index (χ2v) is 6.61. The van der Waals surface area contributed by atoms with Gasteiger partial charge in [-0.2, -0.15) is 10.2 Å². The molecule has 142 valence electrons. The smallest absolute Gasteiger partial charge is 0.282 e. The Bertz CT molecular complexity index is 953. The average Bonchev–Trinajstić information content (AvgIpc) is 3.20. The SMILES string of the molecule is Cc1cc(C(F)F)nn1C(C)C(=O)Nc1cnn(Cc2cccc(Cl)c2)c1. The van der Waals surface area contributed by atoms with Gasteiger partial charge in [0.05, 0.1) is 18.4 Å². The summed E-state index contributed by atoms with van der Waals surface area (Å²) in [6.45, 7) is 3.73. The fourth-order valence-electron chi connectivity index (χ4n) is 2.71. The van der Waals surface area contributed by atoms with Crippen LogP contribution in [0.2, 0.25) is 5.02 Å². The summed E-state index contributed by atoms with van der Waals surface area (Å²) in [6, 6.07) is 7.94. The molecule has 27 heavy (non-hydrogen) atoms. The third-order valence-corrected chi connectivity index (χ3v) is 4.28. The number of nitrogens with zero attached hydrogens (tertiary/aromatic N) is 4. The summed E-state index contributed by atoms with van der Waals surface area (Å²) in [5.41, 5.74) is 1.63. The van der Waals surface area contributed by atoms with E-state index >= 15 is 0 Å². The Labute approximate surface area is 159 Å². The van der Waals surface area contributed by atoms with Gasteiger partial charge in [0.15, 0.2) is 0 Å². The summed E-state index contributed by atoms with van der Waals surface area (Å²) < 4.78 is 28.5. The summed E-state index contributed by atoms with van der Waals surface area (Å²) in [5.74, 6) is -0.371. The maximum Gasteiger partial charge on any atom is 0.282 e. The zero-order chi connectivity index (χ0) is 19.6. The monoisotopic (exact) mass is 393 g/mol. The van der Waals surface area contributed by atoms with E-state index in [1.807, 2.05) is 18.2 Å². The molecular formula is C18H18ClF2N5O. The van der Waals surface area contributed by atoms with Gasteiger partial charge in [0.25, 0.3) is 6.43 Å². The van der Waals surface area contributed by atoms with Crippen molar-refractivity contribution in [3.05, 3.63) is 64.7 Å². The lowest BCUT2D eigenvalue weighted by molar-refractivity contribution is -0.119. The van der Waals surface area contributed by atoms with Crippen LogP contribution in [0.15, 0.2) is 42.7 Å².